The van der Waals surface area contributed by atoms with Gasteiger partial charge in [0.2, 0.25) is 0 Å². The van der Waals surface area contributed by atoms with E-state index < -0.39 is 6.29 Å². The van der Waals surface area contributed by atoms with Gasteiger partial charge in [0.05, 0.1) is 19.6 Å². The molecular formula is C12H13ClO3. The van der Waals surface area contributed by atoms with Gasteiger partial charge in [-0.1, -0.05) is 23.7 Å². The van der Waals surface area contributed by atoms with Crippen LogP contribution in [-0.4, -0.2) is 25.3 Å². The standard InChI is InChI=1S/C12H13ClO3/c1-8-2-3-9(6-10(8)13)11(14)7-12-15-4-5-16-12/h2-3,6,12H,4-5,7H2,1H3. The lowest BCUT2D eigenvalue weighted by atomic mass is 10.1. The molecule has 0 radical (unpaired) electrons. The van der Waals surface area contributed by atoms with E-state index in [1.165, 1.54) is 0 Å². The number of rotatable bonds is 3. The molecule has 0 unspecified atom stereocenters. The van der Waals surface area contributed by atoms with Gasteiger partial charge < -0.3 is 9.47 Å². The highest BCUT2D eigenvalue weighted by molar-refractivity contribution is 6.31. The molecule has 0 bridgehead atoms. The molecule has 4 heteroatoms. The summed E-state index contributed by atoms with van der Waals surface area (Å²) >= 11 is 5.96. The molecule has 2 rings (SSSR count). The summed E-state index contributed by atoms with van der Waals surface area (Å²) in [6.07, 6.45) is -0.146. The first-order valence-electron chi connectivity index (χ1n) is 5.19. The average molecular weight is 241 g/mol. The molecule has 1 saturated heterocycles. The van der Waals surface area contributed by atoms with Crippen LogP contribution in [0.5, 0.6) is 0 Å². The number of ketones is 1. The van der Waals surface area contributed by atoms with E-state index in [2.05, 4.69) is 0 Å². The largest absolute Gasteiger partial charge is 0.350 e. The highest BCUT2D eigenvalue weighted by Gasteiger charge is 2.20. The molecule has 0 spiro atoms. The van der Waals surface area contributed by atoms with E-state index in [0.717, 1.165) is 5.56 Å². The van der Waals surface area contributed by atoms with Crippen molar-refractivity contribution < 1.29 is 14.3 Å². The van der Waals surface area contributed by atoms with Crippen molar-refractivity contribution in [2.24, 2.45) is 0 Å². The van der Waals surface area contributed by atoms with Crippen LogP contribution in [0.3, 0.4) is 0 Å². The molecule has 1 aliphatic rings. The van der Waals surface area contributed by atoms with Gasteiger partial charge in [-0.2, -0.15) is 0 Å². The van der Waals surface area contributed by atoms with Gasteiger partial charge in [0.1, 0.15) is 0 Å². The Morgan fingerprint density at radius 3 is 2.75 bits per heavy atom. The number of carbonyl (C=O) groups excluding carboxylic acids is 1. The Kier molecular flexibility index (Phi) is 3.59. The average Bonchev–Trinajstić information content (AvgIpc) is 2.74. The molecule has 1 heterocycles. The summed E-state index contributed by atoms with van der Waals surface area (Å²) in [5.74, 6) is -0.00574. The predicted octanol–water partition coefficient (Wildman–Crippen LogP) is 2.59. The van der Waals surface area contributed by atoms with Gasteiger partial charge >= 0.3 is 0 Å². The van der Waals surface area contributed by atoms with E-state index in [4.69, 9.17) is 21.1 Å². The lowest BCUT2D eigenvalue weighted by Crippen LogP contribution is -2.14. The predicted molar refractivity (Wildman–Crippen MR) is 60.8 cm³/mol. The van der Waals surface area contributed by atoms with Crippen molar-refractivity contribution in [2.75, 3.05) is 13.2 Å². The first-order valence-corrected chi connectivity index (χ1v) is 5.57. The molecule has 1 aromatic carbocycles. The monoisotopic (exact) mass is 240 g/mol. The van der Waals surface area contributed by atoms with Gasteiger partial charge in [-0.3, -0.25) is 4.79 Å². The lowest BCUT2D eigenvalue weighted by molar-refractivity contribution is -0.0407. The van der Waals surface area contributed by atoms with E-state index in [1.807, 2.05) is 13.0 Å². The summed E-state index contributed by atoms with van der Waals surface area (Å²) in [7, 11) is 0. The number of aryl methyl sites for hydroxylation is 1. The number of ether oxygens (including phenoxy) is 2. The van der Waals surface area contributed by atoms with Crippen LogP contribution >= 0.6 is 11.6 Å². The highest BCUT2D eigenvalue weighted by atomic mass is 35.5. The third-order valence-corrected chi connectivity index (χ3v) is 2.94. The molecule has 3 nitrogen and oxygen atoms in total. The fourth-order valence-electron chi connectivity index (χ4n) is 1.56. The summed E-state index contributed by atoms with van der Waals surface area (Å²) in [4.78, 5) is 11.8. The summed E-state index contributed by atoms with van der Waals surface area (Å²) in [5.41, 5.74) is 1.57. The van der Waals surface area contributed by atoms with E-state index >= 15 is 0 Å². The zero-order valence-corrected chi connectivity index (χ0v) is 9.79. The minimum absolute atomic E-state index is 0.00574. The number of benzene rings is 1. The Morgan fingerprint density at radius 1 is 1.44 bits per heavy atom. The number of carbonyl (C=O) groups is 1. The Bertz CT molecular complexity index is 397. The van der Waals surface area contributed by atoms with Crippen LogP contribution in [0, 0.1) is 6.92 Å². The second-order valence-corrected chi connectivity index (χ2v) is 4.17. The minimum Gasteiger partial charge on any atom is -0.350 e. The third-order valence-electron chi connectivity index (χ3n) is 2.54. The summed E-state index contributed by atoms with van der Waals surface area (Å²) < 4.78 is 10.4. The van der Waals surface area contributed by atoms with Crippen LogP contribution in [0.15, 0.2) is 18.2 Å². The van der Waals surface area contributed by atoms with Gasteiger partial charge in [0.25, 0.3) is 0 Å². The maximum atomic E-state index is 11.8. The summed E-state index contributed by atoms with van der Waals surface area (Å²) in [5, 5.41) is 0.610. The second-order valence-electron chi connectivity index (χ2n) is 3.76. The fourth-order valence-corrected chi connectivity index (χ4v) is 1.74. The van der Waals surface area contributed by atoms with Gasteiger partial charge in [0.15, 0.2) is 12.1 Å². The Labute approximate surface area is 99.3 Å². The zero-order valence-electron chi connectivity index (χ0n) is 9.03. The first kappa shape index (κ1) is 11.6. The van der Waals surface area contributed by atoms with Crippen LogP contribution < -0.4 is 0 Å². The smallest absolute Gasteiger partial charge is 0.167 e. The van der Waals surface area contributed by atoms with Crippen molar-refractivity contribution in [3.8, 4) is 0 Å². The molecule has 0 amide bonds. The lowest BCUT2D eigenvalue weighted by Gasteiger charge is -2.08. The normalized spacial score (nSPS) is 16.6. The van der Waals surface area contributed by atoms with E-state index in [1.54, 1.807) is 12.1 Å². The van der Waals surface area contributed by atoms with Crippen molar-refractivity contribution in [3.63, 3.8) is 0 Å². The van der Waals surface area contributed by atoms with Gasteiger partial charge in [-0.05, 0) is 18.6 Å². The van der Waals surface area contributed by atoms with Gasteiger partial charge in [-0.25, -0.2) is 0 Å². The Balaban J connectivity index is 2.05. The number of hydrogen-bond acceptors (Lipinski definition) is 3. The highest BCUT2D eigenvalue weighted by Crippen LogP contribution is 2.19. The van der Waals surface area contributed by atoms with E-state index in [0.29, 0.717) is 23.8 Å². The topological polar surface area (TPSA) is 35.5 Å². The third kappa shape index (κ3) is 2.61. The van der Waals surface area contributed by atoms with E-state index in [9.17, 15) is 4.79 Å². The molecular weight excluding hydrogens is 228 g/mol. The van der Waals surface area contributed by atoms with Crippen LogP contribution in [0.25, 0.3) is 0 Å². The molecule has 1 fully saturated rings. The Morgan fingerprint density at radius 2 is 2.12 bits per heavy atom. The maximum Gasteiger partial charge on any atom is 0.167 e. The number of hydrogen-bond donors (Lipinski definition) is 0. The van der Waals surface area contributed by atoms with Crippen molar-refractivity contribution in [1.29, 1.82) is 0 Å². The maximum absolute atomic E-state index is 11.8. The minimum atomic E-state index is -0.396. The number of halogens is 1. The van der Waals surface area contributed by atoms with Crippen molar-refractivity contribution in [1.82, 2.24) is 0 Å². The quantitative estimate of drug-likeness (QED) is 0.762. The Hall–Kier alpha value is -0.900. The van der Waals surface area contributed by atoms with Gasteiger partial charge in [0, 0.05) is 10.6 Å². The van der Waals surface area contributed by atoms with Gasteiger partial charge in [-0.15, -0.1) is 0 Å². The molecule has 86 valence electrons. The van der Waals surface area contributed by atoms with Crippen LogP contribution in [0.2, 0.25) is 5.02 Å². The summed E-state index contributed by atoms with van der Waals surface area (Å²) in [6.45, 7) is 3.03. The fraction of sp³-hybridized carbons (Fsp3) is 0.417. The van der Waals surface area contributed by atoms with Crippen molar-refractivity contribution in [2.45, 2.75) is 19.6 Å². The summed E-state index contributed by atoms with van der Waals surface area (Å²) in [6, 6.07) is 5.30. The van der Waals surface area contributed by atoms with Crippen molar-refractivity contribution >= 4 is 17.4 Å². The van der Waals surface area contributed by atoms with Crippen LogP contribution in [-0.2, 0) is 9.47 Å². The second kappa shape index (κ2) is 4.95. The molecule has 0 atom stereocenters. The van der Waals surface area contributed by atoms with Crippen LogP contribution in [0.4, 0.5) is 0 Å². The first-order chi connectivity index (χ1) is 7.66. The molecule has 1 aromatic rings. The van der Waals surface area contributed by atoms with E-state index in [-0.39, 0.29) is 12.2 Å². The SMILES string of the molecule is Cc1ccc(C(=O)CC2OCCO2)cc1Cl. The molecule has 0 aromatic heterocycles. The molecule has 0 aliphatic carbocycles. The molecule has 16 heavy (non-hydrogen) atoms. The van der Waals surface area contributed by atoms with Crippen molar-refractivity contribution in [3.05, 3.63) is 34.3 Å². The number of Topliss-reactive ketones (excluding diaryl/α,β-unsaturated/α-hetero) is 1. The van der Waals surface area contributed by atoms with Crippen LogP contribution in [0.1, 0.15) is 22.3 Å². The molecule has 1 aliphatic heterocycles. The zero-order chi connectivity index (χ0) is 11.5. The molecule has 0 saturated carbocycles. The molecule has 0 N–H and O–H groups in total.